The van der Waals surface area contributed by atoms with E-state index in [0.717, 1.165) is 26.4 Å². The van der Waals surface area contributed by atoms with Crippen LogP contribution in [0.2, 0.25) is 0 Å². The molecule has 1 heterocycles. The summed E-state index contributed by atoms with van der Waals surface area (Å²) in [5.41, 5.74) is 3.04. The van der Waals surface area contributed by atoms with E-state index in [1.165, 1.54) is 12.1 Å². The van der Waals surface area contributed by atoms with Crippen LogP contribution >= 0.6 is 11.3 Å². The maximum atomic E-state index is 14.9. The van der Waals surface area contributed by atoms with Gasteiger partial charge in [0.15, 0.2) is 0 Å². The van der Waals surface area contributed by atoms with Crippen LogP contribution in [-0.2, 0) is 4.79 Å². The molecule has 4 nitrogen and oxygen atoms in total. The van der Waals surface area contributed by atoms with E-state index in [-0.39, 0.29) is 18.2 Å². The van der Waals surface area contributed by atoms with Gasteiger partial charge >= 0.3 is 5.97 Å². The van der Waals surface area contributed by atoms with E-state index in [0.29, 0.717) is 5.56 Å². The monoisotopic (exact) mass is 454 g/mol. The summed E-state index contributed by atoms with van der Waals surface area (Å²) in [5, 5.41) is 29.0. The highest BCUT2D eigenvalue weighted by molar-refractivity contribution is 7.16. The number of aliphatic carboxylic acids is 1. The van der Waals surface area contributed by atoms with Gasteiger partial charge in [0.1, 0.15) is 5.82 Å². The number of aliphatic hydroxyl groups excluding tert-OH is 2. The van der Waals surface area contributed by atoms with Crippen LogP contribution in [0, 0.1) is 5.82 Å². The van der Waals surface area contributed by atoms with Crippen molar-refractivity contribution in [2.24, 2.45) is 0 Å². The van der Waals surface area contributed by atoms with Crippen molar-refractivity contribution in [3.63, 3.8) is 0 Å². The molecule has 0 unspecified atom stereocenters. The third-order valence-corrected chi connectivity index (χ3v) is 6.64. The molecule has 2 atom stereocenters. The zero-order valence-corrected chi connectivity index (χ0v) is 18.8. The van der Waals surface area contributed by atoms with E-state index < -0.39 is 24.6 Å². The topological polar surface area (TPSA) is 77.8 Å². The zero-order chi connectivity index (χ0) is 23.3. The third kappa shape index (κ3) is 5.71. The summed E-state index contributed by atoms with van der Waals surface area (Å²) in [7, 11) is 0. The van der Waals surface area contributed by atoms with Crippen LogP contribution in [0.25, 0.3) is 27.6 Å². The number of carbonyl (C=O) groups is 1. The van der Waals surface area contributed by atoms with Gasteiger partial charge in [0.05, 0.1) is 18.6 Å². The number of thiophene rings is 1. The molecule has 1 aromatic heterocycles. The van der Waals surface area contributed by atoms with Crippen LogP contribution in [0.3, 0.4) is 0 Å². The predicted octanol–water partition coefficient (Wildman–Crippen LogP) is 5.94. The second-order valence-electron chi connectivity index (χ2n) is 8.00. The van der Waals surface area contributed by atoms with Gasteiger partial charge in [-0.3, -0.25) is 4.79 Å². The van der Waals surface area contributed by atoms with Gasteiger partial charge in [0.25, 0.3) is 0 Å². The smallest absolute Gasteiger partial charge is 0.305 e. The molecular formula is C26H27FO4S. The minimum absolute atomic E-state index is 0.0927. The number of hydrogen-bond acceptors (Lipinski definition) is 4. The van der Waals surface area contributed by atoms with Gasteiger partial charge in [0.2, 0.25) is 0 Å². The Balaban J connectivity index is 2.11. The van der Waals surface area contributed by atoms with Crippen molar-refractivity contribution in [2.45, 2.75) is 44.8 Å². The SMILES string of the molecule is CC(C)c1sc(-c2ccccc2)c(-c2ccccc2F)c1/C=C/[C@@H](O)C[C@@H](O)CC(=O)O. The molecule has 0 spiro atoms. The van der Waals surface area contributed by atoms with E-state index in [9.17, 15) is 19.4 Å². The molecular weight excluding hydrogens is 427 g/mol. The molecule has 2 aromatic carbocycles. The van der Waals surface area contributed by atoms with Crippen molar-refractivity contribution in [1.29, 1.82) is 0 Å². The quantitative estimate of drug-likeness (QED) is 0.374. The third-order valence-electron chi connectivity index (χ3n) is 5.09. The summed E-state index contributed by atoms with van der Waals surface area (Å²) in [5.74, 6) is -1.29. The lowest BCUT2D eigenvalue weighted by atomic mass is 9.94. The van der Waals surface area contributed by atoms with Gasteiger partial charge in [-0.05, 0) is 23.1 Å². The molecule has 0 fully saturated rings. The zero-order valence-electron chi connectivity index (χ0n) is 18.0. The Morgan fingerprint density at radius 2 is 1.72 bits per heavy atom. The van der Waals surface area contributed by atoms with Gasteiger partial charge in [-0.15, -0.1) is 11.3 Å². The predicted molar refractivity (Wildman–Crippen MR) is 127 cm³/mol. The summed E-state index contributed by atoms with van der Waals surface area (Å²) in [6.07, 6.45) is 0.600. The average molecular weight is 455 g/mol. The van der Waals surface area contributed by atoms with Crippen LogP contribution in [0.5, 0.6) is 0 Å². The maximum Gasteiger partial charge on any atom is 0.305 e. The standard InChI is InChI=1S/C26H27FO4S/c1-16(2)25-21(13-12-18(28)14-19(29)15-23(30)31)24(20-10-6-7-11-22(20)27)26(32-25)17-8-4-3-5-9-17/h3-13,16,18-19,28-29H,14-15H2,1-2H3,(H,30,31)/b13-12+/t18-,19-/m1/s1. The first kappa shape index (κ1) is 23.9. The molecule has 0 aliphatic rings. The minimum Gasteiger partial charge on any atom is -0.481 e. The summed E-state index contributed by atoms with van der Waals surface area (Å²) < 4.78 is 14.9. The summed E-state index contributed by atoms with van der Waals surface area (Å²) >= 11 is 1.60. The lowest BCUT2D eigenvalue weighted by molar-refractivity contribution is -0.139. The average Bonchev–Trinajstić information content (AvgIpc) is 3.12. The fraction of sp³-hybridized carbons (Fsp3) is 0.269. The molecule has 0 aliphatic carbocycles. The van der Waals surface area contributed by atoms with Gasteiger partial charge in [0, 0.05) is 27.3 Å². The molecule has 168 valence electrons. The Bertz CT molecular complexity index is 1090. The molecule has 0 aliphatic heterocycles. The Morgan fingerprint density at radius 1 is 1.06 bits per heavy atom. The number of benzene rings is 2. The van der Waals surface area contributed by atoms with Crippen molar-refractivity contribution in [3.8, 4) is 21.6 Å². The fourth-order valence-electron chi connectivity index (χ4n) is 3.63. The second kappa shape index (κ2) is 10.7. The van der Waals surface area contributed by atoms with Crippen LogP contribution in [0.15, 0.2) is 60.7 Å². The van der Waals surface area contributed by atoms with Crippen LogP contribution < -0.4 is 0 Å². The summed E-state index contributed by atoms with van der Waals surface area (Å²) in [6.45, 7) is 4.13. The van der Waals surface area contributed by atoms with Gasteiger partial charge in [-0.1, -0.05) is 74.5 Å². The Labute approximate surface area is 191 Å². The molecule has 0 radical (unpaired) electrons. The molecule has 3 N–H and O–H groups in total. The number of carboxylic acid groups (broad SMARTS) is 1. The van der Waals surface area contributed by atoms with Crippen molar-refractivity contribution >= 4 is 23.4 Å². The lowest BCUT2D eigenvalue weighted by Crippen LogP contribution is -2.19. The molecule has 32 heavy (non-hydrogen) atoms. The first-order chi connectivity index (χ1) is 15.3. The van der Waals surface area contributed by atoms with Crippen molar-refractivity contribution in [1.82, 2.24) is 0 Å². The van der Waals surface area contributed by atoms with Crippen LogP contribution in [0.1, 0.15) is 43.0 Å². The Hall–Kier alpha value is -2.80. The van der Waals surface area contributed by atoms with Crippen LogP contribution in [0.4, 0.5) is 4.39 Å². The number of hydrogen-bond donors (Lipinski definition) is 3. The van der Waals surface area contributed by atoms with E-state index in [1.807, 2.05) is 30.3 Å². The number of rotatable bonds is 9. The van der Waals surface area contributed by atoms with E-state index in [4.69, 9.17) is 5.11 Å². The summed E-state index contributed by atoms with van der Waals surface area (Å²) in [6, 6.07) is 16.4. The van der Waals surface area contributed by atoms with E-state index >= 15 is 0 Å². The van der Waals surface area contributed by atoms with Crippen LogP contribution in [-0.4, -0.2) is 33.5 Å². The first-order valence-corrected chi connectivity index (χ1v) is 11.3. The molecule has 0 saturated carbocycles. The highest BCUT2D eigenvalue weighted by Gasteiger charge is 2.23. The lowest BCUT2D eigenvalue weighted by Gasteiger charge is -2.12. The highest BCUT2D eigenvalue weighted by Crippen LogP contribution is 2.47. The number of carboxylic acids is 1. The van der Waals surface area contributed by atoms with Gasteiger partial charge in [-0.25, -0.2) is 4.39 Å². The molecule has 6 heteroatoms. The maximum absolute atomic E-state index is 14.9. The number of halogens is 1. The van der Waals surface area contributed by atoms with Crippen molar-refractivity contribution in [2.75, 3.05) is 0 Å². The highest BCUT2D eigenvalue weighted by atomic mass is 32.1. The first-order valence-electron chi connectivity index (χ1n) is 10.5. The van der Waals surface area contributed by atoms with Crippen molar-refractivity contribution in [3.05, 3.63) is 76.9 Å². The van der Waals surface area contributed by atoms with E-state index in [1.54, 1.807) is 35.6 Å². The van der Waals surface area contributed by atoms with Gasteiger partial charge in [-0.2, -0.15) is 0 Å². The van der Waals surface area contributed by atoms with E-state index in [2.05, 4.69) is 13.8 Å². The second-order valence-corrected chi connectivity index (χ2v) is 9.05. The fourth-order valence-corrected chi connectivity index (χ4v) is 4.94. The molecule has 3 aromatic rings. The van der Waals surface area contributed by atoms with Gasteiger partial charge < -0.3 is 15.3 Å². The molecule has 0 bridgehead atoms. The largest absolute Gasteiger partial charge is 0.481 e. The number of aliphatic hydroxyl groups is 2. The minimum atomic E-state index is -1.15. The normalized spacial score (nSPS) is 13.6. The molecule has 0 amide bonds. The van der Waals surface area contributed by atoms with Crippen molar-refractivity contribution < 1.29 is 24.5 Å². The molecule has 0 saturated heterocycles. The Morgan fingerprint density at radius 3 is 2.34 bits per heavy atom. The molecule has 3 rings (SSSR count). The Kier molecular flexibility index (Phi) is 7.96. The summed E-state index contributed by atoms with van der Waals surface area (Å²) in [4.78, 5) is 12.8.